The van der Waals surface area contributed by atoms with Crippen molar-refractivity contribution in [2.75, 3.05) is 6.61 Å². The second-order valence-electron chi connectivity index (χ2n) is 5.53. The number of alkyl halides is 3. The number of benzene rings is 1. The van der Waals surface area contributed by atoms with Crippen LogP contribution in [-0.2, 0) is 16.0 Å². The van der Waals surface area contributed by atoms with Gasteiger partial charge in [-0.3, -0.25) is 4.79 Å². The molecular weight excluding hydrogens is 295 g/mol. The molecule has 1 amide bonds. The Hall–Kier alpha value is -1.56. The molecule has 0 unspecified atom stereocenters. The molecule has 0 aliphatic carbocycles. The van der Waals surface area contributed by atoms with E-state index in [2.05, 4.69) is 5.32 Å². The van der Waals surface area contributed by atoms with Gasteiger partial charge in [0.2, 0.25) is 5.91 Å². The Labute approximate surface area is 127 Å². The minimum Gasteiger partial charge on any atom is -0.378 e. The zero-order chi connectivity index (χ0) is 16.0. The minimum atomic E-state index is -4.46. The highest BCUT2D eigenvalue weighted by atomic mass is 19.4. The van der Waals surface area contributed by atoms with Crippen molar-refractivity contribution >= 4 is 5.91 Å². The maximum atomic E-state index is 13.1. The van der Waals surface area contributed by atoms with Crippen LogP contribution >= 0.6 is 0 Å². The first-order valence-electron chi connectivity index (χ1n) is 7.47. The van der Waals surface area contributed by atoms with E-state index in [1.807, 2.05) is 0 Å². The van der Waals surface area contributed by atoms with Gasteiger partial charge in [-0.1, -0.05) is 30.3 Å². The lowest BCUT2D eigenvalue weighted by molar-refractivity contribution is -0.161. The summed E-state index contributed by atoms with van der Waals surface area (Å²) in [7, 11) is 0. The van der Waals surface area contributed by atoms with Crippen LogP contribution in [0.2, 0.25) is 0 Å². The Morgan fingerprint density at radius 3 is 2.64 bits per heavy atom. The van der Waals surface area contributed by atoms with Crippen LogP contribution in [0, 0.1) is 0 Å². The van der Waals surface area contributed by atoms with Gasteiger partial charge in [0.05, 0.1) is 6.10 Å². The first-order valence-corrected chi connectivity index (χ1v) is 7.47. The molecular formula is C16H20F3NO2. The molecule has 0 saturated carbocycles. The fraction of sp³-hybridized carbons (Fsp3) is 0.562. The summed E-state index contributed by atoms with van der Waals surface area (Å²) in [6.07, 6.45) is -2.35. The molecule has 1 heterocycles. The number of hydrogen-bond donors (Lipinski definition) is 1. The van der Waals surface area contributed by atoms with Crippen LogP contribution in [0.5, 0.6) is 0 Å². The van der Waals surface area contributed by atoms with Crippen LogP contribution in [-0.4, -0.2) is 30.8 Å². The molecule has 0 bridgehead atoms. The molecule has 1 aliphatic rings. The average molecular weight is 315 g/mol. The number of carbonyl (C=O) groups is 1. The topological polar surface area (TPSA) is 38.3 Å². The number of rotatable bonds is 6. The predicted octanol–water partition coefficient (Wildman–Crippen LogP) is 3.24. The standard InChI is InChI=1S/C16H20F3NO2/c17-16(18,19)14(11-12-5-2-1-3-6-12)20-15(21)9-8-13-7-4-10-22-13/h1-3,5-6,13-14H,4,7-11H2,(H,20,21)/t13-,14-/m1/s1. The van der Waals surface area contributed by atoms with Crippen LogP contribution in [0.4, 0.5) is 13.2 Å². The van der Waals surface area contributed by atoms with E-state index in [1.54, 1.807) is 30.3 Å². The van der Waals surface area contributed by atoms with Gasteiger partial charge in [0.25, 0.3) is 0 Å². The van der Waals surface area contributed by atoms with Gasteiger partial charge >= 0.3 is 6.18 Å². The number of ether oxygens (including phenoxy) is 1. The van der Waals surface area contributed by atoms with Crippen molar-refractivity contribution in [1.82, 2.24) is 5.32 Å². The largest absolute Gasteiger partial charge is 0.408 e. The number of halogens is 3. The molecule has 0 radical (unpaired) electrons. The SMILES string of the molecule is O=C(CC[C@H]1CCCO1)N[C@H](Cc1ccccc1)C(F)(F)F. The van der Waals surface area contributed by atoms with E-state index >= 15 is 0 Å². The summed E-state index contributed by atoms with van der Waals surface area (Å²) in [5.74, 6) is -0.575. The molecule has 1 N–H and O–H groups in total. The summed E-state index contributed by atoms with van der Waals surface area (Å²) >= 11 is 0. The molecule has 2 atom stereocenters. The fourth-order valence-electron chi connectivity index (χ4n) is 2.53. The molecule has 3 nitrogen and oxygen atoms in total. The van der Waals surface area contributed by atoms with Crippen molar-refractivity contribution in [2.24, 2.45) is 0 Å². The predicted molar refractivity (Wildman–Crippen MR) is 76.3 cm³/mol. The molecule has 6 heteroatoms. The summed E-state index contributed by atoms with van der Waals surface area (Å²) in [6.45, 7) is 0.672. The lowest BCUT2D eigenvalue weighted by Gasteiger charge is -2.22. The Balaban J connectivity index is 1.87. The number of amides is 1. The first kappa shape index (κ1) is 16.8. The van der Waals surface area contributed by atoms with Gasteiger partial charge < -0.3 is 10.1 Å². The minimum absolute atomic E-state index is 0.00390. The molecule has 2 rings (SSSR count). The van der Waals surface area contributed by atoms with Gasteiger partial charge in [0.1, 0.15) is 6.04 Å². The maximum Gasteiger partial charge on any atom is 0.408 e. The molecule has 0 aromatic heterocycles. The summed E-state index contributed by atoms with van der Waals surface area (Å²) in [5, 5.41) is 2.11. The van der Waals surface area contributed by atoms with E-state index in [9.17, 15) is 18.0 Å². The van der Waals surface area contributed by atoms with Crippen molar-refractivity contribution in [2.45, 2.75) is 50.4 Å². The van der Waals surface area contributed by atoms with E-state index in [1.165, 1.54) is 0 Å². The van der Waals surface area contributed by atoms with Crippen LogP contribution in [0.25, 0.3) is 0 Å². The molecule has 1 saturated heterocycles. The molecule has 1 aromatic rings. The quantitative estimate of drug-likeness (QED) is 0.875. The van der Waals surface area contributed by atoms with E-state index in [0.717, 1.165) is 12.8 Å². The monoisotopic (exact) mass is 315 g/mol. The van der Waals surface area contributed by atoms with Gasteiger partial charge in [-0.2, -0.15) is 13.2 Å². The molecule has 1 aliphatic heterocycles. The lowest BCUT2D eigenvalue weighted by atomic mass is 10.0. The lowest BCUT2D eigenvalue weighted by Crippen LogP contribution is -2.46. The molecule has 1 fully saturated rings. The molecule has 1 aromatic carbocycles. The highest BCUT2D eigenvalue weighted by Gasteiger charge is 2.40. The fourth-order valence-corrected chi connectivity index (χ4v) is 2.53. The summed E-state index contributed by atoms with van der Waals surface area (Å²) in [4.78, 5) is 11.8. The van der Waals surface area contributed by atoms with Crippen LogP contribution in [0.15, 0.2) is 30.3 Å². The van der Waals surface area contributed by atoms with Crippen molar-refractivity contribution in [3.8, 4) is 0 Å². The van der Waals surface area contributed by atoms with Gasteiger partial charge in [-0.15, -0.1) is 0 Å². The summed E-state index contributed by atoms with van der Waals surface area (Å²) in [5.41, 5.74) is 0.546. The smallest absolute Gasteiger partial charge is 0.378 e. The molecule has 0 spiro atoms. The van der Waals surface area contributed by atoms with E-state index in [0.29, 0.717) is 18.6 Å². The Morgan fingerprint density at radius 2 is 2.05 bits per heavy atom. The Morgan fingerprint density at radius 1 is 1.32 bits per heavy atom. The van der Waals surface area contributed by atoms with Crippen LogP contribution in [0.1, 0.15) is 31.2 Å². The van der Waals surface area contributed by atoms with Crippen LogP contribution in [0.3, 0.4) is 0 Å². The third-order valence-electron chi connectivity index (χ3n) is 3.73. The van der Waals surface area contributed by atoms with Crippen LogP contribution < -0.4 is 5.32 Å². The van der Waals surface area contributed by atoms with E-state index < -0.39 is 18.1 Å². The Kier molecular flexibility index (Phi) is 5.83. The van der Waals surface area contributed by atoms with Gasteiger partial charge in [0.15, 0.2) is 0 Å². The Bertz CT molecular complexity index is 470. The molecule has 122 valence electrons. The van der Waals surface area contributed by atoms with Crippen molar-refractivity contribution in [3.05, 3.63) is 35.9 Å². The zero-order valence-electron chi connectivity index (χ0n) is 12.2. The third-order valence-corrected chi connectivity index (χ3v) is 3.73. The summed E-state index contributed by atoms with van der Waals surface area (Å²) in [6, 6.07) is 6.50. The number of nitrogens with one attached hydrogen (secondary N) is 1. The number of hydrogen-bond acceptors (Lipinski definition) is 2. The van der Waals surface area contributed by atoms with Crippen molar-refractivity contribution < 1.29 is 22.7 Å². The highest BCUT2D eigenvalue weighted by Crippen LogP contribution is 2.24. The first-order chi connectivity index (χ1) is 10.4. The van der Waals surface area contributed by atoms with Gasteiger partial charge in [-0.05, 0) is 24.8 Å². The van der Waals surface area contributed by atoms with E-state index in [-0.39, 0.29) is 18.9 Å². The second kappa shape index (κ2) is 7.63. The van der Waals surface area contributed by atoms with Crippen molar-refractivity contribution in [1.29, 1.82) is 0 Å². The normalized spacial score (nSPS) is 19.9. The summed E-state index contributed by atoms with van der Waals surface area (Å²) < 4.78 is 44.6. The van der Waals surface area contributed by atoms with Gasteiger partial charge in [-0.25, -0.2) is 0 Å². The maximum absolute atomic E-state index is 13.1. The van der Waals surface area contributed by atoms with Crippen molar-refractivity contribution in [3.63, 3.8) is 0 Å². The molecule has 22 heavy (non-hydrogen) atoms. The number of carbonyl (C=O) groups excluding carboxylic acids is 1. The highest BCUT2D eigenvalue weighted by molar-refractivity contribution is 5.76. The third kappa shape index (κ3) is 5.33. The average Bonchev–Trinajstić information content (AvgIpc) is 2.98. The zero-order valence-corrected chi connectivity index (χ0v) is 12.2. The van der Waals surface area contributed by atoms with Gasteiger partial charge in [0, 0.05) is 19.4 Å². The van der Waals surface area contributed by atoms with E-state index in [4.69, 9.17) is 4.74 Å². The second-order valence-corrected chi connectivity index (χ2v) is 5.53.